The van der Waals surface area contributed by atoms with Crippen LogP contribution in [-0.2, 0) is 0 Å². The van der Waals surface area contributed by atoms with E-state index in [0.717, 1.165) is 0 Å². The van der Waals surface area contributed by atoms with Gasteiger partial charge in [0.25, 0.3) is 0 Å². The highest BCUT2D eigenvalue weighted by Gasteiger charge is 1.39. The normalized spacial score (nSPS) is 3.17. The SMILES string of the molecule is C[SiH3].N#CC#N. The zero-order valence-corrected chi connectivity index (χ0v) is 5.89. The van der Waals surface area contributed by atoms with Gasteiger partial charge in [-0.2, -0.15) is 10.5 Å². The molecular weight excluding hydrogens is 92.1 g/mol. The third-order valence-corrected chi connectivity index (χ3v) is 0.0500. The largest absolute Gasteiger partial charge is 0.181 e. The first-order valence-corrected chi connectivity index (χ1v) is 3.70. The van der Waals surface area contributed by atoms with Crippen LogP contribution in [0.4, 0.5) is 0 Å². The molecule has 0 N–H and O–H groups in total. The minimum Gasteiger partial charge on any atom is -0.181 e. The van der Waals surface area contributed by atoms with Crippen molar-refractivity contribution in [3.8, 4) is 12.1 Å². The molecular formula is C3H6N2Si. The van der Waals surface area contributed by atoms with Gasteiger partial charge in [-0.05, 0) is 10.2 Å². The topological polar surface area (TPSA) is 47.6 Å². The molecule has 0 aromatic rings. The van der Waals surface area contributed by atoms with Crippen LogP contribution in [0.15, 0.2) is 0 Å². The van der Waals surface area contributed by atoms with Crippen molar-refractivity contribution in [2.75, 3.05) is 0 Å². The zero-order valence-electron chi connectivity index (χ0n) is 3.89. The highest BCUT2D eigenvalue weighted by atomic mass is 28.1. The smallest absolute Gasteiger partial charge is 0.181 e. The number of hydrogen-bond donors (Lipinski definition) is 0. The summed E-state index contributed by atoms with van der Waals surface area (Å²) in [5, 5.41) is 14.5. The van der Waals surface area contributed by atoms with Crippen LogP contribution in [0.5, 0.6) is 0 Å². The molecule has 0 fully saturated rings. The van der Waals surface area contributed by atoms with Crippen molar-refractivity contribution in [1.82, 2.24) is 0 Å². The highest BCUT2D eigenvalue weighted by molar-refractivity contribution is 6.05. The van der Waals surface area contributed by atoms with E-state index in [-0.39, 0.29) is 0 Å². The number of rotatable bonds is 0. The van der Waals surface area contributed by atoms with Gasteiger partial charge in [0.05, 0.1) is 0 Å². The summed E-state index contributed by atoms with van der Waals surface area (Å²) >= 11 is 0. The molecule has 0 aliphatic rings. The van der Waals surface area contributed by atoms with Gasteiger partial charge in [0.1, 0.15) is 0 Å². The molecule has 0 amide bonds. The Morgan fingerprint density at radius 1 is 1.17 bits per heavy atom. The van der Waals surface area contributed by atoms with Crippen molar-refractivity contribution in [2.24, 2.45) is 0 Å². The summed E-state index contributed by atoms with van der Waals surface area (Å²) in [4.78, 5) is 0. The first-order chi connectivity index (χ1) is 2.91. The Morgan fingerprint density at radius 2 is 1.33 bits per heavy atom. The molecule has 0 aromatic carbocycles. The number of nitriles is 2. The first-order valence-electron chi connectivity index (χ1n) is 1.70. The predicted molar refractivity (Wildman–Crippen MR) is 27.0 cm³/mol. The van der Waals surface area contributed by atoms with Crippen molar-refractivity contribution in [3.63, 3.8) is 0 Å². The van der Waals surface area contributed by atoms with E-state index in [1.54, 1.807) is 0 Å². The van der Waals surface area contributed by atoms with Gasteiger partial charge in [-0.15, -0.1) is 0 Å². The maximum absolute atomic E-state index is 7.26. The summed E-state index contributed by atoms with van der Waals surface area (Å²) < 4.78 is 0. The Balaban J connectivity index is 0. The second-order valence-corrected chi connectivity index (χ2v) is 0.224. The Morgan fingerprint density at radius 3 is 1.33 bits per heavy atom. The van der Waals surface area contributed by atoms with Crippen molar-refractivity contribution < 1.29 is 0 Å². The summed E-state index contributed by atoms with van der Waals surface area (Å²) in [7, 11) is 1.31. The Bertz CT molecular complexity index is 63.8. The van der Waals surface area contributed by atoms with Gasteiger partial charge in [0.15, 0.2) is 12.1 Å². The van der Waals surface area contributed by atoms with Crippen molar-refractivity contribution in [1.29, 1.82) is 10.5 Å². The molecule has 0 rings (SSSR count). The highest BCUT2D eigenvalue weighted by Crippen LogP contribution is 1.27. The fraction of sp³-hybridized carbons (Fsp3) is 0.333. The lowest BCUT2D eigenvalue weighted by molar-refractivity contribution is 1.49. The van der Waals surface area contributed by atoms with Crippen LogP contribution in [0.1, 0.15) is 0 Å². The predicted octanol–water partition coefficient (Wildman–Crippen LogP) is -0.567. The second-order valence-electron chi connectivity index (χ2n) is 0.224. The minimum atomic E-state index is 1.24. The monoisotopic (exact) mass is 98.0 g/mol. The van der Waals surface area contributed by atoms with E-state index < -0.39 is 0 Å². The van der Waals surface area contributed by atoms with Gasteiger partial charge in [0.2, 0.25) is 0 Å². The lowest BCUT2D eigenvalue weighted by Crippen LogP contribution is -1.26. The molecule has 0 unspecified atom stereocenters. The van der Waals surface area contributed by atoms with E-state index in [2.05, 4.69) is 6.55 Å². The van der Waals surface area contributed by atoms with E-state index in [0.29, 0.717) is 0 Å². The summed E-state index contributed by atoms with van der Waals surface area (Å²) in [6.07, 6.45) is 0. The van der Waals surface area contributed by atoms with E-state index in [4.69, 9.17) is 10.5 Å². The average molecular weight is 98.2 g/mol. The van der Waals surface area contributed by atoms with Gasteiger partial charge in [0, 0.05) is 0 Å². The van der Waals surface area contributed by atoms with E-state index >= 15 is 0 Å². The average Bonchev–Trinajstić information content (AvgIpc) is 1.72. The molecule has 2 nitrogen and oxygen atoms in total. The summed E-state index contributed by atoms with van der Waals surface area (Å²) in [5.74, 6) is 0. The molecule has 0 aromatic heterocycles. The van der Waals surface area contributed by atoms with Crippen molar-refractivity contribution in [3.05, 3.63) is 0 Å². The van der Waals surface area contributed by atoms with Gasteiger partial charge in [-0.3, -0.25) is 0 Å². The standard InChI is InChI=1S/C2N2.CH6Si/c3-1-2-4;1-2/h;1-2H3. The van der Waals surface area contributed by atoms with Crippen molar-refractivity contribution >= 4 is 10.2 Å². The van der Waals surface area contributed by atoms with E-state index in [1.807, 2.05) is 0 Å². The fourth-order valence-corrected chi connectivity index (χ4v) is 0. The van der Waals surface area contributed by atoms with Crippen LogP contribution < -0.4 is 0 Å². The molecule has 0 bridgehead atoms. The van der Waals surface area contributed by atoms with Gasteiger partial charge >= 0.3 is 0 Å². The Hall–Kier alpha value is -0.803. The van der Waals surface area contributed by atoms with Crippen molar-refractivity contribution in [2.45, 2.75) is 6.55 Å². The molecule has 3 heteroatoms. The summed E-state index contributed by atoms with van der Waals surface area (Å²) in [6, 6.07) is 2.47. The molecule has 0 aliphatic carbocycles. The van der Waals surface area contributed by atoms with Gasteiger partial charge in [-0.1, -0.05) is 6.55 Å². The quantitative estimate of drug-likeness (QED) is 0.381. The van der Waals surface area contributed by atoms with Crippen LogP contribution in [0.3, 0.4) is 0 Å². The first kappa shape index (κ1) is 8.96. The molecule has 0 aliphatic heterocycles. The molecule has 32 valence electrons. The lowest BCUT2D eigenvalue weighted by Gasteiger charge is -1.16. The fourth-order valence-electron chi connectivity index (χ4n) is 0. The second kappa shape index (κ2) is 29.9. The molecule has 0 radical (unpaired) electrons. The molecule has 0 atom stereocenters. The van der Waals surface area contributed by atoms with Gasteiger partial charge < -0.3 is 0 Å². The third-order valence-electron chi connectivity index (χ3n) is 0.0500. The van der Waals surface area contributed by atoms with E-state index in [9.17, 15) is 0 Å². The number of nitrogens with zero attached hydrogens (tertiary/aromatic N) is 2. The minimum absolute atomic E-state index is 1.24. The third kappa shape index (κ3) is 398. The van der Waals surface area contributed by atoms with Crippen LogP contribution >= 0.6 is 0 Å². The summed E-state index contributed by atoms with van der Waals surface area (Å²) in [6.45, 7) is 2.14. The summed E-state index contributed by atoms with van der Waals surface area (Å²) in [5.41, 5.74) is 0. The maximum atomic E-state index is 7.26. The number of hydrogen-bond acceptors (Lipinski definition) is 2. The molecule has 0 heterocycles. The van der Waals surface area contributed by atoms with Crippen LogP contribution in [0.2, 0.25) is 6.55 Å². The maximum Gasteiger partial charge on any atom is 0.181 e. The van der Waals surface area contributed by atoms with Gasteiger partial charge in [-0.25, -0.2) is 0 Å². The molecule has 0 saturated carbocycles. The molecule has 0 spiro atoms. The Labute approximate surface area is 40.4 Å². The van der Waals surface area contributed by atoms with Crippen LogP contribution in [0, 0.1) is 22.7 Å². The lowest BCUT2D eigenvalue weighted by atomic mass is 10.9. The zero-order chi connectivity index (χ0) is 5.41. The molecule has 0 saturated heterocycles. The Kier molecular flexibility index (Phi) is 44.7. The van der Waals surface area contributed by atoms with E-state index in [1.165, 1.54) is 22.4 Å². The molecule has 6 heavy (non-hydrogen) atoms. The van der Waals surface area contributed by atoms with Crippen LogP contribution in [-0.4, -0.2) is 10.2 Å². The van der Waals surface area contributed by atoms with Crippen LogP contribution in [0.25, 0.3) is 0 Å².